The van der Waals surface area contributed by atoms with Crippen LogP contribution in [0.2, 0.25) is 0 Å². The lowest BCUT2D eigenvalue weighted by Crippen LogP contribution is -2.40. The average molecular weight is 426 g/mol. The lowest BCUT2D eigenvalue weighted by atomic mass is 9.97. The smallest absolute Gasteiger partial charge is 0.224 e. The van der Waals surface area contributed by atoms with Crippen LogP contribution in [0.15, 0.2) is 42.5 Å². The Hall–Kier alpha value is -3.06. The van der Waals surface area contributed by atoms with Crippen LogP contribution in [-0.2, 0) is 22.6 Å². The molecule has 1 saturated heterocycles. The number of methoxy groups -OCH3 is 2. The van der Waals surface area contributed by atoms with Crippen LogP contribution in [0.5, 0.6) is 11.5 Å². The Bertz CT molecular complexity index is 898. The predicted molar refractivity (Wildman–Crippen MR) is 120 cm³/mol. The number of benzene rings is 2. The molecule has 1 unspecified atom stereocenters. The van der Waals surface area contributed by atoms with Crippen LogP contribution in [0.4, 0.5) is 5.69 Å². The van der Waals surface area contributed by atoms with Gasteiger partial charge in [0.25, 0.3) is 0 Å². The fourth-order valence-corrected chi connectivity index (χ4v) is 4.01. The molecule has 31 heavy (non-hydrogen) atoms. The minimum absolute atomic E-state index is 0.0575. The van der Waals surface area contributed by atoms with Gasteiger partial charge in [-0.05, 0) is 55.1 Å². The van der Waals surface area contributed by atoms with E-state index in [2.05, 4.69) is 10.2 Å². The van der Waals surface area contributed by atoms with E-state index in [0.29, 0.717) is 30.9 Å². The fourth-order valence-electron chi connectivity index (χ4n) is 4.01. The standard InChI is InChI=1S/C24H31N3O4/c1-30-21-7-3-5-18(23(21)31-2)10-13-22(28)26-20-11-8-17(9-12-20)15-27-14-4-6-19(16-27)24(25)29/h3,5,7-9,11-12,19H,4,6,10,13-16H2,1-2H3,(H2,25,29)(H,26,28). The van der Waals surface area contributed by atoms with E-state index in [0.717, 1.165) is 42.7 Å². The highest BCUT2D eigenvalue weighted by Gasteiger charge is 2.23. The summed E-state index contributed by atoms with van der Waals surface area (Å²) in [7, 11) is 3.19. The molecule has 0 radical (unpaired) electrons. The summed E-state index contributed by atoms with van der Waals surface area (Å²) in [6, 6.07) is 13.5. The Morgan fingerprint density at radius 3 is 2.58 bits per heavy atom. The van der Waals surface area contributed by atoms with E-state index in [1.54, 1.807) is 14.2 Å². The molecule has 3 rings (SSSR count). The van der Waals surface area contributed by atoms with E-state index in [9.17, 15) is 9.59 Å². The van der Waals surface area contributed by atoms with Gasteiger partial charge in [0.05, 0.1) is 20.1 Å². The number of carbonyl (C=O) groups excluding carboxylic acids is 2. The molecule has 2 amide bonds. The van der Waals surface area contributed by atoms with E-state index in [1.165, 1.54) is 0 Å². The van der Waals surface area contributed by atoms with Gasteiger partial charge in [0, 0.05) is 25.2 Å². The van der Waals surface area contributed by atoms with Crippen molar-refractivity contribution in [3.8, 4) is 11.5 Å². The zero-order chi connectivity index (χ0) is 22.2. The van der Waals surface area contributed by atoms with E-state index < -0.39 is 0 Å². The molecular formula is C24H31N3O4. The molecule has 1 atom stereocenters. The van der Waals surface area contributed by atoms with Crippen molar-refractivity contribution in [3.05, 3.63) is 53.6 Å². The number of anilines is 1. The molecule has 0 saturated carbocycles. The quantitative estimate of drug-likeness (QED) is 0.644. The van der Waals surface area contributed by atoms with Crippen molar-refractivity contribution in [2.24, 2.45) is 11.7 Å². The van der Waals surface area contributed by atoms with Gasteiger partial charge < -0.3 is 20.5 Å². The Labute approximate surface area is 183 Å². The van der Waals surface area contributed by atoms with E-state index in [1.807, 2.05) is 42.5 Å². The lowest BCUT2D eigenvalue weighted by Gasteiger charge is -2.31. The molecule has 3 N–H and O–H groups in total. The zero-order valence-electron chi connectivity index (χ0n) is 18.2. The predicted octanol–water partition coefficient (Wildman–Crippen LogP) is 2.97. The first-order valence-electron chi connectivity index (χ1n) is 10.6. The maximum atomic E-state index is 12.4. The highest BCUT2D eigenvalue weighted by molar-refractivity contribution is 5.90. The van der Waals surface area contributed by atoms with Crippen molar-refractivity contribution in [2.75, 3.05) is 32.6 Å². The summed E-state index contributed by atoms with van der Waals surface area (Å²) in [5.74, 6) is 0.994. The summed E-state index contributed by atoms with van der Waals surface area (Å²) in [4.78, 5) is 26.1. The second-order valence-electron chi connectivity index (χ2n) is 7.87. The van der Waals surface area contributed by atoms with Crippen LogP contribution in [0.25, 0.3) is 0 Å². The number of nitrogens with two attached hydrogens (primary N) is 1. The Morgan fingerprint density at radius 2 is 1.90 bits per heavy atom. The molecule has 2 aromatic carbocycles. The van der Waals surface area contributed by atoms with E-state index in [4.69, 9.17) is 15.2 Å². The maximum absolute atomic E-state index is 12.4. The number of para-hydroxylation sites is 1. The first-order chi connectivity index (χ1) is 15.0. The number of rotatable bonds is 9. The van der Waals surface area contributed by atoms with Crippen molar-refractivity contribution in [2.45, 2.75) is 32.2 Å². The van der Waals surface area contributed by atoms with Gasteiger partial charge in [0.15, 0.2) is 11.5 Å². The first-order valence-corrected chi connectivity index (χ1v) is 10.6. The molecule has 1 aliphatic heterocycles. The van der Waals surface area contributed by atoms with Gasteiger partial charge in [0.2, 0.25) is 11.8 Å². The van der Waals surface area contributed by atoms with Gasteiger partial charge in [-0.1, -0.05) is 24.3 Å². The third-order valence-corrected chi connectivity index (χ3v) is 5.66. The SMILES string of the molecule is COc1cccc(CCC(=O)Nc2ccc(CN3CCCC(C(N)=O)C3)cc2)c1OC. The van der Waals surface area contributed by atoms with Gasteiger partial charge >= 0.3 is 0 Å². The molecule has 0 bridgehead atoms. The van der Waals surface area contributed by atoms with Gasteiger partial charge in [-0.25, -0.2) is 0 Å². The third-order valence-electron chi connectivity index (χ3n) is 5.66. The topological polar surface area (TPSA) is 93.9 Å². The number of likely N-dealkylation sites (tertiary alicyclic amines) is 1. The second-order valence-corrected chi connectivity index (χ2v) is 7.87. The van der Waals surface area contributed by atoms with Crippen molar-refractivity contribution >= 4 is 17.5 Å². The molecule has 7 nitrogen and oxygen atoms in total. The number of primary amides is 1. The molecular weight excluding hydrogens is 394 g/mol. The number of amides is 2. The van der Waals surface area contributed by atoms with Gasteiger partial charge in [-0.3, -0.25) is 14.5 Å². The second kappa shape index (κ2) is 10.8. The van der Waals surface area contributed by atoms with Crippen LogP contribution >= 0.6 is 0 Å². The molecule has 7 heteroatoms. The van der Waals surface area contributed by atoms with Gasteiger partial charge in [-0.15, -0.1) is 0 Å². The van der Waals surface area contributed by atoms with E-state index >= 15 is 0 Å². The van der Waals surface area contributed by atoms with Crippen molar-refractivity contribution in [1.82, 2.24) is 4.90 Å². The van der Waals surface area contributed by atoms with Crippen molar-refractivity contribution in [3.63, 3.8) is 0 Å². The number of aryl methyl sites for hydroxylation is 1. The van der Waals surface area contributed by atoms with Crippen LogP contribution in [0, 0.1) is 5.92 Å². The third kappa shape index (κ3) is 6.21. The maximum Gasteiger partial charge on any atom is 0.224 e. The van der Waals surface area contributed by atoms with Gasteiger partial charge in [0.1, 0.15) is 0 Å². The first kappa shape index (κ1) is 22.6. The molecule has 1 heterocycles. The van der Waals surface area contributed by atoms with Crippen LogP contribution in [0.1, 0.15) is 30.4 Å². The number of carbonyl (C=O) groups is 2. The normalized spacial score (nSPS) is 16.5. The molecule has 1 fully saturated rings. The summed E-state index contributed by atoms with van der Waals surface area (Å²) < 4.78 is 10.7. The number of hydrogen-bond donors (Lipinski definition) is 2. The highest BCUT2D eigenvalue weighted by Crippen LogP contribution is 2.31. The van der Waals surface area contributed by atoms with Gasteiger partial charge in [-0.2, -0.15) is 0 Å². The van der Waals surface area contributed by atoms with Crippen LogP contribution < -0.4 is 20.5 Å². The molecule has 2 aromatic rings. The monoisotopic (exact) mass is 425 g/mol. The molecule has 166 valence electrons. The molecule has 0 spiro atoms. The summed E-state index contributed by atoms with van der Waals surface area (Å²) in [5, 5.41) is 2.95. The number of hydrogen-bond acceptors (Lipinski definition) is 5. The Balaban J connectivity index is 1.51. The fraction of sp³-hybridized carbons (Fsp3) is 0.417. The number of ether oxygens (including phenoxy) is 2. The summed E-state index contributed by atoms with van der Waals surface area (Å²) in [6.07, 6.45) is 2.76. The van der Waals surface area contributed by atoms with Crippen molar-refractivity contribution < 1.29 is 19.1 Å². The zero-order valence-corrected chi connectivity index (χ0v) is 18.2. The minimum atomic E-state index is -0.214. The highest BCUT2D eigenvalue weighted by atomic mass is 16.5. The lowest BCUT2D eigenvalue weighted by molar-refractivity contribution is -0.123. The largest absolute Gasteiger partial charge is 0.493 e. The number of nitrogens with one attached hydrogen (secondary N) is 1. The summed E-state index contributed by atoms with van der Waals surface area (Å²) in [5.41, 5.74) is 8.30. The Kier molecular flexibility index (Phi) is 7.89. The van der Waals surface area contributed by atoms with Crippen molar-refractivity contribution in [1.29, 1.82) is 0 Å². The summed E-state index contributed by atoms with van der Waals surface area (Å²) >= 11 is 0. The molecule has 0 aromatic heterocycles. The average Bonchev–Trinajstić information content (AvgIpc) is 2.78. The van der Waals surface area contributed by atoms with E-state index in [-0.39, 0.29) is 17.7 Å². The molecule has 1 aliphatic rings. The van der Waals surface area contributed by atoms with Crippen LogP contribution in [-0.4, -0.2) is 44.0 Å². The Morgan fingerprint density at radius 1 is 1.13 bits per heavy atom. The molecule has 0 aliphatic carbocycles. The number of piperidine rings is 1. The summed E-state index contributed by atoms with van der Waals surface area (Å²) in [6.45, 7) is 2.45. The van der Waals surface area contributed by atoms with Crippen LogP contribution in [0.3, 0.4) is 0 Å². The number of nitrogens with zero attached hydrogens (tertiary/aromatic N) is 1. The minimum Gasteiger partial charge on any atom is -0.493 e.